The van der Waals surface area contributed by atoms with Gasteiger partial charge in [0.2, 0.25) is 0 Å². The van der Waals surface area contributed by atoms with E-state index in [9.17, 15) is 8.42 Å². The second-order valence-electron chi connectivity index (χ2n) is 4.44. The first-order chi connectivity index (χ1) is 7.48. The highest BCUT2D eigenvalue weighted by Gasteiger charge is 2.24. The van der Waals surface area contributed by atoms with Crippen LogP contribution in [0.1, 0.15) is 31.7 Å². The van der Waals surface area contributed by atoms with Gasteiger partial charge in [-0.1, -0.05) is 12.8 Å². The molecule has 0 spiro atoms. The minimum atomic E-state index is -3.16. The van der Waals surface area contributed by atoms with Crippen LogP contribution in [-0.4, -0.2) is 30.5 Å². The van der Waals surface area contributed by atoms with E-state index in [1.165, 1.54) is 12.5 Å². The average molecular weight is 243 g/mol. The van der Waals surface area contributed by atoms with Crippen LogP contribution in [0.2, 0.25) is 0 Å². The molecule has 1 heterocycles. The summed E-state index contributed by atoms with van der Waals surface area (Å²) in [5.74, 6) is 0. The lowest BCUT2D eigenvalue weighted by molar-refractivity contribution is 0.286. The Morgan fingerprint density at radius 2 is 2.12 bits per heavy atom. The molecule has 1 fully saturated rings. The fourth-order valence-electron chi connectivity index (χ4n) is 2.16. The van der Waals surface area contributed by atoms with Gasteiger partial charge in [-0.2, -0.15) is 5.10 Å². The molecule has 2 atom stereocenters. The Labute approximate surface area is 95.6 Å². The lowest BCUT2D eigenvalue weighted by Crippen LogP contribution is -2.35. The number of sulfone groups is 1. The first-order valence-electron chi connectivity index (χ1n) is 5.48. The van der Waals surface area contributed by atoms with Crippen molar-refractivity contribution in [3.63, 3.8) is 0 Å². The molecule has 2 unspecified atom stereocenters. The number of nitrogens with two attached hydrogens (primary N) is 1. The molecule has 0 radical (unpaired) electrons. The van der Waals surface area contributed by atoms with Gasteiger partial charge in [-0.05, 0) is 12.8 Å². The van der Waals surface area contributed by atoms with Crippen molar-refractivity contribution < 1.29 is 8.42 Å². The molecule has 1 saturated carbocycles. The smallest absolute Gasteiger partial charge is 0.178 e. The predicted octanol–water partition coefficient (Wildman–Crippen LogP) is 0.729. The van der Waals surface area contributed by atoms with Crippen LogP contribution < -0.4 is 5.73 Å². The summed E-state index contributed by atoms with van der Waals surface area (Å²) in [5, 5.41) is 4.11. The van der Waals surface area contributed by atoms with Crippen LogP contribution in [0.5, 0.6) is 0 Å². The molecule has 1 aromatic heterocycles. The van der Waals surface area contributed by atoms with E-state index in [0.29, 0.717) is 0 Å². The summed E-state index contributed by atoms with van der Waals surface area (Å²) in [6.07, 6.45) is 8.42. The van der Waals surface area contributed by atoms with Crippen LogP contribution in [-0.2, 0) is 9.84 Å². The quantitative estimate of drug-likeness (QED) is 0.830. The third kappa shape index (κ3) is 2.27. The molecular weight excluding hydrogens is 226 g/mol. The summed E-state index contributed by atoms with van der Waals surface area (Å²) in [4.78, 5) is 0.269. The summed E-state index contributed by atoms with van der Waals surface area (Å²) in [6.45, 7) is 0. The Balaban J connectivity index is 2.24. The number of hydrogen-bond donors (Lipinski definition) is 1. The Hall–Kier alpha value is -0.880. The topological polar surface area (TPSA) is 78.0 Å². The van der Waals surface area contributed by atoms with E-state index in [4.69, 9.17) is 5.73 Å². The Bertz CT molecular complexity index is 466. The van der Waals surface area contributed by atoms with Crippen molar-refractivity contribution in [2.45, 2.75) is 42.7 Å². The van der Waals surface area contributed by atoms with Crippen molar-refractivity contribution in [1.29, 1.82) is 0 Å². The molecule has 0 saturated heterocycles. The molecule has 0 amide bonds. The monoisotopic (exact) mass is 243 g/mol. The molecule has 1 aliphatic rings. The zero-order valence-corrected chi connectivity index (χ0v) is 10.2. The number of hydrogen-bond acceptors (Lipinski definition) is 4. The van der Waals surface area contributed by atoms with Gasteiger partial charge in [0.25, 0.3) is 0 Å². The van der Waals surface area contributed by atoms with Gasteiger partial charge in [0.15, 0.2) is 9.84 Å². The first-order valence-corrected chi connectivity index (χ1v) is 7.37. The normalized spacial score (nSPS) is 26.9. The molecular formula is C10H17N3O2S. The Kier molecular flexibility index (Phi) is 3.03. The lowest BCUT2D eigenvalue weighted by Gasteiger charge is -2.28. The third-order valence-corrected chi connectivity index (χ3v) is 4.19. The highest BCUT2D eigenvalue weighted by Crippen LogP contribution is 2.27. The highest BCUT2D eigenvalue weighted by atomic mass is 32.2. The number of aromatic nitrogens is 2. The van der Waals surface area contributed by atoms with E-state index in [-0.39, 0.29) is 17.0 Å². The van der Waals surface area contributed by atoms with Crippen LogP contribution in [0, 0.1) is 0 Å². The first kappa shape index (κ1) is 11.6. The minimum Gasteiger partial charge on any atom is -0.326 e. The van der Waals surface area contributed by atoms with Crippen LogP contribution in [0.15, 0.2) is 17.3 Å². The van der Waals surface area contributed by atoms with Gasteiger partial charge in [0.05, 0.1) is 12.2 Å². The zero-order chi connectivity index (χ0) is 11.8. The van der Waals surface area contributed by atoms with Gasteiger partial charge in [-0.25, -0.2) is 8.42 Å². The Morgan fingerprint density at radius 1 is 1.44 bits per heavy atom. The van der Waals surface area contributed by atoms with Gasteiger partial charge in [-0.3, -0.25) is 4.68 Å². The van der Waals surface area contributed by atoms with E-state index in [1.54, 1.807) is 10.9 Å². The molecule has 0 aliphatic heterocycles. The van der Waals surface area contributed by atoms with Gasteiger partial charge in [0, 0.05) is 18.5 Å². The maximum Gasteiger partial charge on any atom is 0.178 e. The van der Waals surface area contributed by atoms with Gasteiger partial charge >= 0.3 is 0 Å². The van der Waals surface area contributed by atoms with Crippen molar-refractivity contribution in [2.75, 3.05) is 6.26 Å². The predicted molar refractivity (Wildman–Crippen MR) is 60.8 cm³/mol. The molecule has 2 rings (SSSR count). The van der Waals surface area contributed by atoms with Crippen LogP contribution in [0.3, 0.4) is 0 Å². The van der Waals surface area contributed by atoms with Crippen molar-refractivity contribution in [3.8, 4) is 0 Å². The van der Waals surface area contributed by atoms with E-state index >= 15 is 0 Å². The van der Waals surface area contributed by atoms with Crippen LogP contribution >= 0.6 is 0 Å². The third-order valence-electron chi connectivity index (χ3n) is 3.13. The molecule has 1 aliphatic carbocycles. The summed E-state index contributed by atoms with van der Waals surface area (Å²) in [5.41, 5.74) is 6.02. The molecule has 90 valence electrons. The minimum absolute atomic E-state index is 0.0843. The number of rotatable bonds is 2. The van der Waals surface area contributed by atoms with Crippen LogP contribution in [0.4, 0.5) is 0 Å². The van der Waals surface area contributed by atoms with Crippen LogP contribution in [0.25, 0.3) is 0 Å². The standard InChI is InChI=1S/C10H17N3O2S/c1-16(14,15)8-6-12-13(7-8)10-5-3-2-4-9(10)11/h6-7,9-10H,2-5,11H2,1H3. The average Bonchev–Trinajstić information content (AvgIpc) is 2.66. The highest BCUT2D eigenvalue weighted by molar-refractivity contribution is 7.90. The second kappa shape index (κ2) is 4.18. The van der Waals surface area contributed by atoms with E-state index in [0.717, 1.165) is 25.7 Å². The van der Waals surface area contributed by atoms with Crippen molar-refractivity contribution in [2.24, 2.45) is 5.73 Å². The number of nitrogens with zero attached hydrogens (tertiary/aromatic N) is 2. The lowest BCUT2D eigenvalue weighted by atomic mass is 9.91. The molecule has 0 bridgehead atoms. The van der Waals surface area contributed by atoms with E-state index < -0.39 is 9.84 Å². The molecule has 6 heteroatoms. The van der Waals surface area contributed by atoms with Crippen molar-refractivity contribution >= 4 is 9.84 Å². The molecule has 2 N–H and O–H groups in total. The van der Waals surface area contributed by atoms with Crippen molar-refractivity contribution in [1.82, 2.24) is 9.78 Å². The van der Waals surface area contributed by atoms with E-state index in [1.807, 2.05) is 0 Å². The summed E-state index contributed by atoms with van der Waals surface area (Å²) in [6, 6.07) is 0.227. The fraction of sp³-hybridized carbons (Fsp3) is 0.700. The van der Waals surface area contributed by atoms with Crippen molar-refractivity contribution in [3.05, 3.63) is 12.4 Å². The molecule has 5 nitrogen and oxygen atoms in total. The Morgan fingerprint density at radius 3 is 2.69 bits per heavy atom. The van der Waals surface area contributed by atoms with Gasteiger partial charge < -0.3 is 5.73 Å². The molecule has 16 heavy (non-hydrogen) atoms. The van der Waals surface area contributed by atoms with Gasteiger partial charge in [0.1, 0.15) is 4.90 Å². The maximum absolute atomic E-state index is 11.3. The maximum atomic E-state index is 11.3. The summed E-state index contributed by atoms with van der Waals surface area (Å²) >= 11 is 0. The van der Waals surface area contributed by atoms with E-state index in [2.05, 4.69) is 5.10 Å². The summed E-state index contributed by atoms with van der Waals surface area (Å²) in [7, 11) is -3.16. The van der Waals surface area contributed by atoms with Gasteiger partial charge in [-0.15, -0.1) is 0 Å². The fourth-order valence-corrected chi connectivity index (χ4v) is 2.70. The second-order valence-corrected chi connectivity index (χ2v) is 6.46. The molecule has 1 aromatic rings. The zero-order valence-electron chi connectivity index (χ0n) is 9.33. The SMILES string of the molecule is CS(=O)(=O)c1cnn(C2CCCCC2N)c1. The summed E-state index contributed by atoms with van der Waals surface area (Å²) < 4.78 is 24.4. The largest absolute Gasteiger partial charge is 0.326 e. The molecule has 0 aromatic carbocycles.